The van der Waals surface area contributed by atoms with Gasteiger partial charge in [-0.05, 0) is 54.8 Å². The van der Waals surface area contributed by atoms with Gasteiger partial charge < -0.3 is 14.4 Å². The van der Waals surface area contributed by atoms with Gasteiger partial charge in [-0.2, -0.15) is 0 Å². The molecule has 1 amide bonds. The largest absolute Gasteiger partial charge is 0.383 e. The van der Waals surface area contributed by atoms with Gasteiger partial charge in [0.15, 0.2) is 0 Å². The highest BCUT2D eigenvalue weighted by Crippen LogP contribution is 2.19. The fourth-order valence-corrected chi connectivity index (χ4v) is 4.44. The van der Waals surface area contributed by atoms with E-state index in [1.165, 1.54) is 43.5 Å². The maximum absolute atomic E-state index is 13.6. The SMILES string of the molecule is COCCNS(=O)(=O)c1ccc(C(=O)N(Cc2cccc(F)c2)C[C@@H]2CCCO2)cc1. The number of nitrogens with zero attached hydrogens (tertiary/aromatic N) is 1. The Morgan fingerprint density at radius 3 is 2.68 bits per heavy atom. The van der Waals surface area contributed by atoms with Crippen molar-refractivity contribution in [2.75, 3.05) is 33.4 Å². The van der Waals surface area contributed by atoms with Crippen LogP contribution in [-0.4, -0.2) is 58.7 Å². The van der Waals surface area contributed by atoms with Crippen molar-refractivity contribution in [2.24, 2.45) is 0 Å². The van der Waals surface area contributed by atoms with E-state index in [-0.39, 0.29) is 42.4 Å². The monoisotopic (exact) mass is 450 g/mol. The summed E-state index contributed by atoms with van der Waals surface area (Å²) in [7, 11) is -2.20. The zero-order valence-electron chi connectivity index (χ0n) is 17.4. The molecule has 0 bridgehead atoms. The molecule has 7 nitrogen and oxygen atoms in total. The van der Waals surface area contributed by atoms with Crippen LogP contribution < -0.4 is 4.72 Å². The van der Waals surface area contributed by atoms with Crippen LogP contribution in [0.15, 0.2) is 53.4 Å². The first kappa shape index (κ1) is 23.3. The highest BCUT2D eigenvalue weighted by Gasteiger charge is 2.24. The molecule has 0 saturated carbocycles. The number of amides is 1. The fourth-order valence-electron chi connectivity index (χ4n) is 3.43. The number of nitrogens with one attached hydrogen (secondary N) is 1. The van der Waals surface area contributed by atoms with E-state index >= 15 is 0 Å². The van der Waals surface area contributed by atoms with Gasteiger partial charge in [0.25, 0.3) is 5.91 Å². The van der Waals surface area contributed by atoms with Gasteiger partial charge in [-0.3, -0.25) is 4.79 Å². The molecule has 1 atom stereocenters. The minimum absolute atomic E-state index is 0.0657. The van der Waals surface area contributed by atoms with Crippen LogP contribution >= 0.6 is 0 Å². The summed E-state index contributed by atoms with van der Waals surface area (Å²) >= 11 is 0. The summed E-state index contributed by atoms with van der Waals surface area (Å²) in [5.74, 6) is -0.631. The number of benzene rings is 2. The topological polar surface area (TPSA) is 84.9 Å². The number of rotatable bonds is 10. The number of methoxy groups -OCH3 is 1. The maximum Gasteiger partial charge on any atom is 0.254 e. The van der Waals surface area contributed by atoms with Gasteiger partial charge in [0.1, 0.15) is 5.82 Å². The molecule has 1 fully saturated rings. The third-order valence-corrected chi connectivity index (χ3v) is 6.48. The smallest absolute Gasteiger partial charge is 0.254 e. The van der Waals surface area contributed by atoms with Gasteiger partial charge >= 0.3 is 0 Å². The zero-order valence-corrected chi connectivity index (χ0v) is 18.2. The molecule has 1 aliphatic rings. The summed E-state index contributed by atoms with van der Waals surface area (Å²) in [5.41, 5.74) is 1.03. The lowest BCUT2D eigenvalue weighted by Gasteiger charge is -2.26. The molecule has 0 radical (unpaired) electrons. The average Bonchev–Trinajstić information content (AvgIpc) is 3.26. The van der Waals surface area contributed by atoms with Gasteiger partial charge in [0.2, 0.25) is 10.0 Å². The van der Waals surface area contributed by atoms with E-state index in [0.29, 0.717) is 24.3 Å². The molecule has 9 heteroatoms. The van der Waals surface area contributed by atoms with Crippen LogP contribution in [0.4, 0.5) is 4.39 Å². The molecule has 1 heterocycles. The average molecular weight is 451 g/mol. The first-order valence-corrected chi connectivity index (χ1v) is 11.6. The molecular formula is C22H27FN2O5S. The van der Waals surface area contributed by atoms with Crippen molar-refractivity contribution in [3.63, 3.8) is 0 Å². The molecule has 1 aliphatic heterocycles. The standard InChI is InChI=1S/C22H27FN2O5S/c1-29-13-11-24-31(27,28)21-9-7-18(8-10-21)22(26)25(16-20-6-3-12-30-20)15-17-4-2-5-19(23)14-17/h2,4-5,7-10,14,20,24H,3,6,11-13,15-16H2,1H3/t20-/m0/s1. The summed E-state index contributed by atoms with van der Waals surface area (Å²) in [4.78, 5) is 14.9. The Kier molecular flexibility index (Phi) is 8.14. The van der Waals surface area contributed by atoms with Crippen LogP contribution in [0.25, 0.3) is 0 Å². The van der Waals surface area contributed by atoms with Crippen molar-refractivity contribution in [3.05, 3.63) is 65.5 Å². The van der Waals surface area contributed by atoms with E-state index in [1.807, 2.05) is 0 Å². The zero-order chi connectivity index (χ0) is 22.3. The summed E-state index contributed by atoms with van der Waals surface area (Å²) in [5, 5.41) is 0. The summed E-state index contributed by atoms with van der Waals surface area (Å²) in [6.45, 7) is 1.69. The van der Waals surface area contributed by atoms with Crippen molar-refractivity contribution in [2.45, 2.75) is 30.4 Å². The van der Waals surface area contributed by atoms with Gasteiger partial charge in [-0.25, -0.2) is 17.5 Å². The van der Waals surface area contributed by atoms with Crippen LogP contribution in [0.2, 0.25) is 0 Å². The van der Waals surface area contributed by atoms with E-state index in [2.05, 4.69) is 4.72 Å². The van der Waals surface area contributed by atoms with Gasteiger partial charge in [-0.1, -0.05) is 12.1 Å². The lowest BCUT2D eigenvalue weighted by atomic mass is 10.1. The van der Waals surface area contributed by atoms with Crippen molar-refractivity contribution >= 4 is 15.9 Å². The van der Waals surface area contributed by atoms with Crippen molar-refractivity contribution < 1.29 is 27.1 Å². The molecule has 0 unspecified atom stereocenters. The van der Waals surface area contributed by atoms with Gasteiger partial charge in [-0.15, -0.1) is 0 Å². The fraction of sp³-hybridized carbons (Fsp3) is 0.409. The Hall–Kier alpha value is -2.33. The van der Waals surface area contributed by atoms with Crippen LogP contribution in [0.5, 0.6) is 0 Å². The number of ether oxygens (including phenoxy) is 2. The third kappa shape index (κ3) is 6.57. The van der Waals surface area contributed by atoms with E-state index in [9.17, 15) is 17.6 Å². The number of carbonyl (C=O) groups is 1. The minimum Gasteiger partial charge on any atom is -0.383 e. The van der Waals surface area contributed by atoms with Crippen molar-refractivity contribution in [1.82, 2.24) is 9.62 Å². The molecule has 1 saturated heterocycles. The molecule has 3 rings (SSSR count). The molecule has 168 valence electrons. The number of halogens is 1. The molecule has 1 N–H and O–H groups in total. The molecule has 2 aromatic carbocycles. The van der Waals surface area contributed by atoms with Crippen LogP contribution in [0.3, 0.4) is 0 Å². The van der Waals surface area contributed by atoms with Gasteiger partial charge in [0.05, 0.1) is 17.6 Å². The number of sulfonamides is 1. The summed E-state index contributed by atoms with van der Waals surface area (Å²) in [6.07, 6.45) is 1.73. The Labute approximate surface area is 182 Å². The normalized spacial score (nSPS) is 16.4. The van der Waals surface area contributed by atoms with E-state index in [4.69, 9.17) is 9.47 Å². The lowest BCUT2D eigenvalue weighted by molar-refractivity contribution is 0.0507. The summed E-state index contributed by atoms with van der Waals surface area (Å²) < 4.78 is 51.2. The first-order valence-electron chi connectivity index (χ1n) is 10.1. The quantitative estimate of drug-likeness (QED) is 0.563. The maximum atomic E-state index is 13.6. The molecule has 0 aliphatic carbocycles. The third-order valence-electron chi connectivity index (χ3n) is 5.01. The highest BCUT2D eigenvalue weighted by molar-refractivity contribution is 7.89. The minimum atomic E-state index is -3.68. The van der Waals surface area contributed by atoms with Crippen molar-refractivity contribution in [1.29, 1.82) is 0 Å². The van der Waals surface area contributed by atoms with Gasteiger partial charge in [0, 0.05) is 38.9 Å². The highest BCUT2D eigenvalue weighted by atomic mass is 32.2. The predicted molar refractivity (Wildman–Crippen MR) is 114 cm³/mol. The molecular weight excluding hydrogens is 423 g/mol. The van der Waals surface area contributed by atoms with E-state index in [0.717, 1.165) is 12.8 Å². The van der Waals surface area contributed by atoms with Crippen LogP contribution in [0, 0.1) is 5.82 Å². The summed E-state index contributed by atoms with van der Waals surface area (Å²) in [6, 6.07) is 11.9. The molecule has 0 aromatic heterocycles. The number of carbonyl (C=O) groups excluding carboxylic acids is 1. The van der Waals surface area contributed by atoms with E-state index in [1.54, 1.807) is 17.0 Å². The Balaban J connectivity index is 1.76. The Bertz CT molecular complexity index is 976. The molecule has 31 heavy (non-hydrogen) atoms. The molecule has 2 aromatic rings. The van der Waals surface area contributed by atoms with Crippen LogP contribution in [-0.2, 0) is 26.0 Å². The second-order valence-corrected chi connectivity index (χ2v) is 9.13. The predicted octanol–water partition coefficient (Wildman–Crippen LogP) is 2.57. The Morgan fingerprint density at radius 1 is 1.26 bits per heavy atom. The lowest BCUT2D eigenvalue weighted by Crippen LogP contribution is -2.37. The first-order chi connectivity index (χ1) is 14.9. The molecule has 0 spiro atoms. The number of hydrogen-bond donors (Lipinski definition) is 1. The van der Waals surface area contributed by atoms with Crippen molar-refractivity contribution in [3.8, 4) is 0 Å². The number of hydrogen-bond acceptors (Lipinski definition) is 5. The van der Waals surface area contributed by atoms with E-state index < -0.39 is 10.0 Å². The second kappa shape index (κ2) is 10.8. The second-order valence-electron chi connectivity index (χ2n) is 7.37. The Morgan fingerprint density at radius 2 is 2.03 bits per heavy atom. The van der Waals surface area contributed by atoms with Crippen LogP contribution in [0.1, 0.15) is 28.8 Å².